The lowest BCUT2D eigenvalue weighted by Gasteiger charge is -2.16. The Morgan fingerprint density at radius 3 is 2.41 bits per heavy atom. The van der Waals surface area contributed by atoms with E-state index in [1.54, 1.807) is 6.07 Å². The van der Waals surface area contributed by atoms with Crippen LogP contribution in [0.2, 0.25) is 5.02 Å². The van der Waals surface area contributed by atoms with E-state index in [9.17, 15) is 4.79 Å². The number of carboxylic acid groups (broad SMARTS) is 1. The summed E-state index contributed by atoms with van der Waals surface area (Å²) in [6.45, 7) is 7.41. The second kappa shape index (κ2) is 5.41. The van der Waals surface area contributed by atoms with E-state index >= 15 is 0 Å². The molecule has 1 aromatic rings. The summed E-state index contributed by atoms with van der Waals surface area (Å²) in [6.07, 6.45) is -0.866. The van der Waals surface area contributed by atoms with Gasteiger partial charge >= 0.3 is 5.97 Å². The van der Waals surface area contributed by atoms with Crippen LogP contribution in [0.5, 0.6) is 5.75 Å². The number of rotatable bonds is 4. The molecule has 0 amide bonds. The minimum absolute atomic E-state index is 0.269. The van der Waals surface area contributed by atoms with Crippen LogP contribution >= 0.6 is 11.6 Å². The molecule has 0 heterocycles. The van der Waals surface area contributed by atoms with E-state index in [1.165, 1.54) is 6.92 Å². The van der Waals surface area contributed by atoms with Crippen LogP contribution in [0.3, 0.4) is 0 Å². The minimum Gasteiger partial charge on any atom is -0.479 e. The maximum absolute atomic E-state index is 10.7. The molecule has 3 nitrogen and oxygen atoms in total. The Labute approximate surface area is 106 Å². The number of carbonyl (C=O) groups is 1. The standard InChI is InChI=1S/C13H17ClO3/c1-7(2)10-6-12(8(3)5-11(10)14)17-9(4)13(15)16/h5-7,9H,1-4H3,(H,15,16). The molecule has 0 aliphatic heterocycles. The van der Waals surface area contributed by atoms with Crippen molar-refractivity contribution in [2.45, 2.75) is 39.7 Å². The average Bonchev–Trinajstić information content (AvgIpc) is 2.21. The van der Waals surface area contributed by atoms with Gasteiger partial charge in [-0.2, -0.15) is 0 Å². The van der Waals surface area contributed by atoms with E-state index in [0.29, 0.717) is 10.8 Å². The molecule has 94 valence electrons. The summed E-state index contributed by atoms with van der Waals surface area (Å²) in [5.41, 5.74) is 1.80. The van der Waals surface area contributed by atoms with Gasteiger partial charge in [-0.05, 0) is 43.0 Å². The molecule has 1 aromatic carbocycles. The van der Waals surface area contributed by atoms with Crippen LogP contribution in [-0.4, -0.2) is 17.2 Å². The minimum atomic E-state index is -0.981. The summed E-state index contributed by atoms with van der Waals surface area (Å²) in [5, 5.41) is 9.50. The number of aryl methyl sites for hydroxylation is 1. The van der Waals surface area contributed by atoms with Gasteiger partial charge in [0, 0.05) is 5.02 Å². The van der Waals surface area contributed by atoms with Gasteiger partial charge in [-0.1, -0.05) is 25.4 Å². The van der Waals surface area contributed by atoms with Crippen molar-refractivity contribution in [3.63, 3.8) is 0 Å². The van der Waals surface area contributed by atoms with Crippen molar-refractivity contribution in [3.8, 4) is 5.75 Å². The highest BCUT2D eigenvalue weighted by atomic mass is 35.5. The maximum atomic E-state index is 10.7. The van der Waals surface area contributed by atoms with E-state index in [0.717, 1.165) is 11.1 Å². The van der Waals surface area contributed by atoms with E-state index in [4.69, 9.17) is 21.4 Å². The third-order valence-corrected chi connectivity index (χ3v) is 2.90. The molecule has 0 fully saturated rings. The number of aliphatic carboxylic acids is 1. The molecule has 0 spiro atoms. The molecule has 1 atom stereocenters. The smallest absolute Gasteiger partial charge is 0.344 e. The van der Waals surface area contributed by atoms with Crippen molar-refractivity contribution in [2.75, 3.05) is 0 Å². The number of carboxylic acids is 1. The van der Waals surface area contributed by atoms with Gasteiger partial charge in [-0.3, -0.25) is 0 Å². The summed E-state index contributed by atoms with van der Waals surface area (Å²) < 4.78 is 5.39. The van der Waals surface area contributed by atoms with E-state index in [-0.39, 0.29) is 5.92 Å². The Kier molecular flexibility index (Phi) is 4.40. The fraction of sp³-hybridized carbons (Fsp3) is 0.462. The van der Waals surface area contributed by atoms with Crippen LogP contribution < -0.4 is 4.74 Å². The number of ether oxygens (including phenoxy) is 1. The molecule has 17 heavy (non-hydrogen) atoms. The normalized spacial score (nSPS) is 12.6. The first-order valence-corrected chi connectivity index (χ1v) is 5.90. The van der Waals surface area contributed by atoms with E-state index in [1.807, 2.05) is 26.8 Å². The Hall–Kier alpha value is -1.22. The van der Waals surface area contributed by atoms with Crippen molar-refractivity contribution in [1.82, 2.24) is 0 Å². The quantitative estimate of drug-likeness (QED) is 0.895. The lowest BCUT2D eigenvalue weighted by Crippen LogP contribution is -2.23. The molecule has 0 bridgehead atoms. The first-order chi connectivity index (χ1) is 7.82. The van der Waals surface area contributed by atoms with Gasteiger partial charge in [0.25, 0.3) is 0 Å². The molecular weight excluding hydrogens is 240 g/mol. The first-order valence-electron chi connectivity index (χ1n) is 5.52. The molecule has 0 aliphatic carbocycles. The van der Waals surface area contributed by atoms with E-state index in [2.05, 4.69) is 0 Å². The second-order valence-corrected chi connectivity index (χ2v) is 4.80. The number of benzene rings is 1. The summed E-state index contributed by atoms with van der Waals surface area (Å²) >= 11 is 6.12. The number of hydrogen-bond acceptors (Lipinski definition) is 2. The van der Waals surface area contributed by atoms with Crippen LogP contribution in [0.4, 0.5) is 0 Å². The molecule has 0 saturated heterocycles. The second-order valence-electron chi connectivity index (χ2n) is 4.39. The third kappa shape index (κ3) is 3.37. The van der Waals surface area contributed by atoms with Crippen molar-refractivity contribution in [1.29, 1.82) is 0 Å². The summed E-state index contributed by atoms with van der Waals surface area (Å²) in [5.74, 6) is -0.135. The molecule has 4 heteroatoms. The topological polar surface area (TPSA) is 46.5 Å². The summed E-state index contributed by atoms with van der Waals surface area (Å²) in [4.78, 5) is 10.7. The molecule has 0 saturated carbocycles. The summed E-state index contributed by atoms with van der Waals surface area (Å²) in [7, 11) is 0. The van der Waals surface area contributed by atoms with Crippen LogP contribution in [0, 0.1) is 6.92 Å². The van der Waals surface area contributed by atoms with Crippen molar-refractivity contribution in [2.24, 2.45) is 0 Å². The highest BCUT2D eigenvalue weighted by Crippen LogP contribution is 2.31. The van der Waals surface area contributed by atoms with Gasteiger partial charge in [0.1, 0.15) is 5.75 Å². The highest BCUT2D eigenvalue weighted by molar-refractivity contribution is 6.31. The third-order valence-electron chi connectivity index (χ3n) is 2.57. The molecule has 0 aromatic heterocycles. The number of hydrogen-bond donors (Lipinski definition) is 1. The van der Waals surface area contributed by atoms with Gasteiger partial charge < -0.3 is 9.84 Å². The van der Waals surface area contributed by atoms with E-state index < -0.39 is 12.1 Å². The van der Waals surface area contributed by atoms with Gasteiger partial charge in [0.05, 0.1) is 0 Å². The maximum Gasteiger partial charge on any atom is 0.344 e. The molecular formula is C13H17ClO3. The Morgan fingerprint density at radius 1 is 1.35 bits per heavy atom. The van der Waals surface area contributed by atoms with Crippen LogP contribution in [0.1, 0.15) is 37.8 Å². The Morgan fingerprint density at radius 2 is 1.94 bits per heavy atom. The van der Waals surface area contributed by atoms with Gasteiger partial charge in [-0.15, -0.1) is 0 Å². The first kappa shape index (κ1) is 13.8. The predicted octanol–water partition coefficient (Wildman–Crippen LogP) is 3.62. The SMILES string of the molecule is Cc1cc(Cl)c(C(C)C)cc1OC(C)C(=O)O. The Balaban J connectivity index is 3.07. The van der Waals surface area contributed by atoms with Gasteiger partial charge in [0.2, 0.25) is 0 Å². The van der Waals surface area contributed by atoms with Gasteiger partial charge in [-0.25, -0.2) is 4.79 Å². The van der Waals surface area contributed by atoms with Crippen LogP contribution in [0.25, 0.3) is 0 Å². The molecule has 1 rings (SSSR count). The molecule has 0 aliphatic rings. The Bertz CT molecular complexity index is 427. The zero-order valence-corrected chi connectivity index (χ0v) is 11.2. The molecule has 0 radical (unpaired) electrons. The lowest BCUT2D eigenvalue weighted by atomic mass is 10.0. The largest absolute Gasteiger partial charge is 0.479 e. The number of halogens is 1. The fourth-order valence-corrected chi connectivity index (χ4v) is 1.92. The summed E-state index contributed by atoms with van der Waals surface area (Å²) in [6, 6.07) is 3.63. The monoisotopic (exact) mass is 256 g/mol. The van der Waals surface area contributed by atoms with Crippen molar-refractivity contribution >= 4 is 17.6 Å². The predicted molar refractivity (Wildman–Crippen MR) is 68.0 cm³/mol. The fourth-order valence-electron chi connectivity index (χ4n) is 1.48. The van der Waals surface area contributed by atoms with Gasteiger partial charge in [0.15, 0.2) is 6.10 Å². The molecule has 1 N–H and O–H groups in total. The highest BCUT2D eigenvalue weighted by Gasteiger charge is 2.16. The van der Waals surface area contributed by atoms with Crippen molar-refractivity contribution < 1.29 is 14.6 Å². The van der Waals surface area contributed by atoms with Crippen LogP contribution in [-0.2, 0) is 4.79 Å². The van der Waals surface area contributed by atoms with Crippen LogP contribution in [0.15, 0.2) is 12.1 Å². The van der Waals surface area contributed by atoms with Crippen molar-refractivity contribution in [3.05, 3.63) is 28.3 Å². The zero-order chi connectivity index (χ0) is 13.2. The average molecular weight is 257 g/mol. The molecule has 1 unspecified atom stereocenters. The lowest BCUT2D eigenvalue weighted by molar-refractivity contribution is -0.144. The zero-order valence-electron chi connectivity index (χ0n) is 10.5.